The highest BCUT2D eigenvalue weighted by atomic mass is 16.2. The molecule has 0 radical (unpaired) electrons. The molecule has 2 rings (SSSR count). The number of nitrogens with one attached hydrogen (secondary N) is 1. The fourth-order valence-corrected chi connectivity index (χ4v) is 2.24. The summed E-state index contributed by atoms with van der Waals surface area (Å²) in [5.74, 6) is -0.113. The second kappa shape index (κ2) is 6.88. The van der Waals surface area contributed by atoms with Crippen LogP contribution in [-0.4, -0.2) is 16.7 Å². The smallest absolute Gasteiger partial charge is 0.244 e. The first kappa shape index (κ1) is 15.0. The highest BCUT2D eigenvalue weighted by molar-refractivity contribution is 5.83. The van der Waals surface area contributed by atoms with Crippen molar-refractivity contribution in [2.45, 2.75) is 33.2 Å². The SMILES string of the molecule is Cc1cc(/C=N\NC(=O)Cc2ccccc2)cn1C(C)C. The average Bonchev–Trinajstić information content (AvgIpc) is 2.81. The average molecular weight is 283 g/mol. The van der Waals surface area contributed by atoms with E-state index >= 15 is 0 Å². The van der Waals surface area contributed by atoms with Crippen LogP contribution in [0.2, 0.25) is 0 Å². The third-order valence-electron chi connectivity index (χ3n) is 3.24. The summed E-state index contributed by atoms with van der Waals surface area (Å²) in [5, 5.41) is 4.01. The molecule has 0 spiro atoms. The maximum Gasteiger partial charge on any atom is 0.244 e. The Morgan fingerprint density at radius 1 is 1.33 bits per heavy atom. The maximum absolute atomic E-state index is 11.8. The van der Waals surface area contributed by atoms with Crippen molar-refractivity contribution in [3.05, 3.63) is 59.4 Å². The van der Waals surface area contributed by atoms with Crippen LogP contribution in [0.5, 0.6) is 0 Å². The minimum Gasteiger partial charge on any atom is -0.349 e. The Labute approximate surface area is 125 Å². The Morgan fingerprint density at radius 3 is 2.67 bits per heavy atom. The number of aryl methyl sites for hydroxylation is 1. The molecule has 0 aliphatic heterocycles. The van der Waals surface area contributed by atoms with Gasteiger partial charge >= 0.3 is 0 Å². The maximum atomic E-state index is 11.8. The van der Waals surface area contributed by atoms with Crippen LogP contribution in [0.15, 0.2) is 47.7 Å². The number of rotatable bonds is 5. The summed E-state index contributed by atoms with van der Waals surface area (Å²) < 4.78 is 2.17. The van der Waals surface area contributed by atoms with Gasteiger partial charge in [0, 0.05) is 23.5 Å². The van der Waals surface area contributed by atoms with E-state index in [9.17, 15) is 4.79 Å². The molecule has 0 unspecified atom stereocenters. The summed E-state index contributed by atoms with van der Waals surface area (Å²) in [6, 6.07) is 12.1. The highest BCUT2D eigenvalue weighted by Gasteiger charge is 2.04. The fourth-order valence-electron chi connectivity index (χ4n) is 2.24. The lowest BCUT2D eigenvalue weighted by molar-refractivity contribution is -0.120. The monoisotopic (exact) mass is 283 g/mol. The lowest BCUT2D eigenvalue weighted by Crippen LogP contribution is -2.19. The van der Waals surface area contributed by atoms with Crippen molar-refractivity contribution in [1.29, 1.82) is 0 Å². The zero-order valence-corrected chi connectivity index (χ0v) is 12.7. The normalized spacial score (nSPS) is 11.2. The first-order valence-electron chi connectivity index (χ1n) is 7.10. The number of aromatic nitrogens is 1. The van der Waals surface area contributed by atoms with E-state index in [2.05, 4.69) is 35.9 Å². The van der Waals surface area contributed by atoms with Crippen LogP contribution < -0.4 is 5.43 Å². The van der Waals surface area contributed by atoms with Gasteiger partial charge in [0.05, 0.1) is 12.6 Å². The minimum atomic E-state index is -0.113. The van der Waals surface area contributed by atoms with Crippen LogP contribution >= 0.6 is 0 Å². The van der Waals surface area contributed by atoms with Crippen LogP contribution in [0.4, 0.5) is 0 Å². The molecule has 1 amide bonds. The standard InChI is InChI=1S/C17H21N3O/c1-13(2)20-12-16(9-14(20)3)11-18-19-17(21)10-15-7-5-4-6-8-15/h4-9,11-13H,10H2,1-3H3,(H,19,21)/b18-11-. The number of carbonyl (C=O) groups is 1. The second-order valence-electron chi connectivity index (χ2n) is 5.37. The molecule has 0 aliphatic rings. The van der Waals surface area contributed by atoms with Gasteiger partial charge in [0.15, 0.2) is 0 Å². The Bertz CT molecular complexity index is 627. The first-order chi connectivity index (χ1) is 10.1. The Morgan fingerprint density at radius 2 is 2.05 bits per heavy atom. The summed E-state index contributed by atoms with van der Waals surface area (Å²) in [6.07, 6.45) is 4.05. The van der Waals surface area contributed by atoms with Crippen molar-refractivity contribution >= 4 is 12.1 Å². The molecule has 110 valence electrons. The largest absolute Gasteiger partial charge is 0.349 e. The Kier molecular flexibility index (Phi) is 4.93. The van der Waals surface area contributed by atoms with Crippen molar-refractivity contribution in [3.8, 4) is 0 Å². The van der Waals surface area contributed by atoms with E-state index in [0.29, 0.717) is 12.5 Å². The van der Waals surface area contributed by atoms with Crippen molar-refractivity contribution in [1.82, 2.24) is 9.99 Å². The number of carbonyl (C=O) groups excluding carboxylic acids is 1. The minimum absolute atomic E-state index is 0.113. The van der Waals surface area contributed by atoms with Gasteiger partial charge in [0.1, 0.15) is 0 Å². The quantitative estimate of drug-likeness (QED) is 0.665. The van der Waals surface area contributed by atoms with Gasteiger partial charge < -0.3 is 4.57 Å². The van der Waals surface area contributed by atoms with E-state index in [0.717, 1.165) is 11.1 Å². The summed E-state index contributed by atoms with van der Waals surface area (Å²) in [7, 11) is 0. The number of hydrogen-bond donors (Lipinski definition) is 1. The van der Waals surface area contributed by atoms with Crippen LogP contribution in [0.1, 0.15) is 36.7 Å². The van der Waals surface area contributed by atoms with Crippen LogP contribution in [0.25, 0.3) is 0 Å². The van der Waals surface area contributed by atoms with Crippen molar-refractivity contribution < 1.29 is 4.79 Å². The molecule has 1 aromatic carbocycles. The summed E-state index contributed by atoms with van der Waals surface area (Å²) in [4.78, 5) is 11.8. The van der Waals surface area contributed by atoms with E-state index < -0.39 is 0 Å². The molecular formula is C17H21N3O. The number of nitrogens with zero attached hydrogens (tertiary/aromatic N) is 2. The van der Waals surface area contributed by atoms with Crippen LogP contribution in [0, 0.1) is 6.92 Å². The third-order valence-corrected chi connectivity index (χ3v) is 3.24. The zero-order valence-electron chi connectivity index (χ0n) is 12.7. The van der Waals surface area contributed by atoms with Gasteiger partial charge in [-0.15, -0.1) is 0 Å². The van der Waals surface area contributed by atoms with E-state index in [-0.39, 0.29) is 5.91 Å². The molecule has 0 atom stereocenters. The topological polar surface area (TPSA) is 46.4 Å². The number of hydrazone groups is 1. The highest BCUT2D eigenvalue weighted by Crippen LogP contribution is 2.12. The van der Waals surface area contributed by atoms with Gasteiger partial charge in [-0.1, -0.05) is 30.3 Å². The van der Waals surface area contributed by atoms with E-state index in [4.69, 9.17) is 0 Å². The lowest BCUT2D eigenvalue weighted by atomic mass is 10.1. The van der Waals surface area contributed by atoms with Gasteiger partial charge in [-0.2, -0.15) is 5.10 Å². The van der Waals surface area contributed by atoms with Gasteiger partial charge in [0.25, 0.3) is 0 Å². The molecule has 21 heavy (non-hydrogen) atoms. The van der Waals surface area contributed by atoms with Crippen molar-refractivity contribution in [2.75, 3.05) is 0 Å². The molecule has 0 fully saturated rings. The van der Waals surface area contributed by atoms with Crippen LogP contribution in [0.3, 0.4) is 0 Å². The number of hydrogen-bond acceptors (Lipinski definition) is 2. The molecule has 0 saturated heterocycles. The van der Waals surface area contributed by atoms with Crippen molar-refractivity contribution in [2.24, 2.45) is 5.10 Å². The van der Waals surface area contributed by atoms with E-state index in [1.807, 2.05) is 42.6 Å². The zero-order chi connectivity index (χ0) is 15.2. The molecule has 2 aromatic rings. The van der Waals surface area contributed by atoms with Gasteiger partial charge in [-0.05, 0) is 32.4 Å². The fraction of sp³-hybridized carbons (Fsp3) is 0.294. The predicted octanol–water partition coefficient (Wildman–Crippen LogP) is 3.07. The van der Waals surface area contributed by atoms with Gasteiger partial charge in [-0.3, -0.25) is 4.79 Å². The molecule has 1 N–H and O–H groups in total. The van der Waals surface area contributed by atoms with Crippen LogP contribution in [-0.2, 0) is 11.2 Å². The number of amides is 1. The third kappa shape index (κ3) is 4.31. The first-order valence-corrected chi connectivity index (χ1v) is 7.10. The molecule has 1 aromatic heterocycles. The lowest BCUT2D eigenvalue weighted by Gasteiger charge is -2.08. The van der Waals surface area contributed by atoms with Gasteiger partial charge in [-0.25, -0.2) is 5.43 Å². The van der Waals surface area contributed by atoms with E-state index in [1.54, 1.807) is 6.21 Å². The summed E-state index contributed by atoms with van der Waals surface area (Å²) in [6.45, 7) is 6.33. The molecule has 4 nitrogen and oxygen atoms in total. The Hall–Kier alpha value is -2.36. The second-order valence-corrected chi connectivity index (χ2v) is 5.37. The Balaban J connectivity index is 1.90. The van der Waals surface area contributed by atoms with Gasteiger partial charge in [0.2, 0.25) is 5.91 Å². The van der Waals surface area contributed by atoms with Crippen molar-refractivity contribution in [3.63, 3.8) is 0 Å². The molecular weight excluding hydrogens is 262 g/mol. The molecule has 0 bridgehead atoms. The summed E-state index contributed by atoms with van der Waals surface area (Å²) in [5.41, 5.74) is 5.71. The van der Waals surface area contributed by atoms with E-state index in [1.165, 1.54) is 5.69 Å². The predicted molar refractivity (Wildman–Crippen MR) is 85.4 cm³/mol. The molecule has 0 aliphatic carbocycles. The molecule has 1 heterocycles. The molecule has 4 heteroatoms. The summed E-state index contributed by atoms with van der Waals surface area (Å²) >= 11 is 0. The molecule has 0 saturated carbocycles. The number of benzene rings is 1.